The monoisotopic (exact) mass is 671 g/mol. The van der Waals surface area contributed by atoms with Gasteiger partial charge in [0.1, 0.15) is 11.5 Å². The van der Waals surface area contributed by atoms with Crippen LogP contribution in [0.5, 0.6) is 11.5 Å². The molecule has 0 saturated carbocycles. The summed E-state index contributed by atoms with van der Waals surface area (Å²) >= 11 is 0. The molecular formula is C42H71O4P. The van der Waals surface area contributed by atoms with Gasteiger partial charge in [0.05, 0.1) is 0 Å². The number of benzene rings is 2. The highest BCUT2D eigenvalue weighted by Gasteiger charge is 2.25. The number of phosphoric ester groups is 1. The van der Waals surface area contributed by atoms with Crippen LogP contribution >= 0.6 is 7.82 Å². The van der Waals surface area contributed by atoms with Crippen LogP contribution in [0, 0.1) is 0 Å². The van der Waals surface area contributed by atoms with Gasteiger partial charge in [0.15, 0.2) is 0 Å². The van der Waals surface area contributed by atoms with E-state index in [9.17, 15) is 9.46 Å². The van der Waals surface area contributed by atoms with Crippen LogP contribution in [0.2, 0.25) is 0 Å². The molecule has 0 aliphatic carbocycles. The minimum absolute atomic E-state index is 0.381. The van der Waals surface area contributed by atoms with Crippen LogP contribution in [0.15, 0.2) is 48.5 Å². The van der Waals surface area contributed by atoms with Crippen molar-refractivity contribution in [3.05, 3.63) is 59.7 Å². The van der Waals surface area contributed by atoms with Gasteiger partial charge in [0.2, 0.25) is 0 Å². The summed E-state index contributed by atoms with van der Waals surface area (Å²) in [6.07, 6.45) is 36.8. The first kappa shape index (κ1) is 41.4. The lowest BCUT2D eigenvalue weighted by Gasteiger charge is -2.15. The summed E-state index contributed by atoms with van der Waals surface area (Å²) in [7, 11) is -4.30. The minimum atomic E-state index is -4.30. The Morgan fingerprint density at radius 3 is 1.02 bits per heavy atom. The predicted octanol–water partition coefficient (Wildman–Crippen LogP) is 14.5. The Bertz CT molecular complexity index is 975. The fraction of sp³-hybridized carbons (Fsp3) is 0.714. The molecule has 0 atom stereocenters. The smallest absolute Gasteiger partial charge is 0.395 e. The van der Waals surface area contributed by atoms with Crippen LogP contribution in [0.1, 0.15) is 192 Å². The van der Waals surface area contributed by atoms with E-state index in [1.807, 2.05) is 24.3 Å². The van der Waals surface area contributed by atoms with Gasteiger partial charge < -0.3 is 9.05 Å². The van der Waals surface area contributed by atoms with E-state index in [0.29, 0.717) is 11.5 Å². The van der Waals surface area contributed by atoms with Crippen LogP contribution in [0.3, 0.4) is 0 Å². The summed E-state index contributed by atoms with van der Waals surface area (Å²) in [6, 6.07) is 15.1. The maximum absolute atomic E-state index is 12.9. The van der Waals surface area contributed by atoms with Gasteiger partial charge in [-0.1, -0.05) is 192 Å². The van der Waals surface area contributed by atoms with Gasteiger partial charge in [-0.3, -0.25) is 4.89 Å². The Hall–Kier alpha value is -1.77. The molecule has 2 rings (SSSR count). The first-order valence-electron chi connectivity index (χ1n) is 19.9. The zero-order valence-corrected chi connectivity index (χ0v) is 31.4. The van der Waals surface area contributed by atoms with Gasteiger partial charge in [-0.15, -0.1) is 0 Å². The van der Waals surface area contributed by atoms with Crippen molar-refractivity contribution < 1.29 is 18.5 Å². The Labute approximate surface area is 290 Å². The lowest BCUT2D eigenvalue weighted by molar-refractivity contribution is 0.291. The highest BCUT2D eigenvalue weighted by molar-refractivity contribution is 7.48. The average Bonchev–Trinajstić information content (AvgIpc) is 3.05. The fourth-order valence-corrected chi connectivity index (χ4v) is 7.29. The van der Waals surface area contributed by atoms with Crippen molar-refractivity contribution >= 4 is 7.82 Å². The minimum Gasteiger partial charge on any atom is -0.395 e. The molecule has 47 heavy (non-hydrogen) atoms. The zero-order valence-electron chi connectivity index (χ0n) is 30.5. The molecule has 0 amide bonds. The van der Waals surface area contributed by atoms with E-state index >= 15 is 0 Å². The summed E-state index contributed by atoms with van der Waals surface area (Å²) in [5, 5.41) is 0. The second-order valence-electron chi connectivity index (χ2n) is 13.9. The van der Waals surface area contributed by atoms with Crippen molar-refractivity contribution in [2.75, 3.05) is 0 Å². The molecule has 2 aromatic carbocycles. The van der Waals surface area contributed by atoms with E-state index in [0.717, 1.165) is 36.8 Å². The van der Waals surface area contributed by atoms with Crippen LogP contribution in [0.4, 0.5) is 0 Å². The molecule has 2 aromatic rings. The van der Waals surface area contributed by atoms with Gasteiger partial charge >= 0.3 is 7.82 Å². The molecule has 0 radical (unpaired) electrons. The molecule has 4 nitrogen and oxygen atoms in total. The summed E-state index contributed by atoms with van der Waals surface area (Å²) in [5.74, 6) is 0.761. The maximum Gasteiger partial charge on any atom is 0.584 e. The second kappa shape index (κ2) is 28.1. The summed E-state index contributed by atoms with van der Waals surface area (Å²) < 4.78 is 23.8. The van der Waals surface area contributed by atoms with Gasteiger partial charge in [-0.05, 0) is 61.1 Å². The third-order valence-corrected chi connectivity index (χ3v) is 10.3. The Morgan fingerprint density at radius 1 is 0.447 bits per heavy atom. The topological polar surface area (TPSA) is 55.8 Å². The molecule has 0 bridgehead atoms. The van der Waals surface area contributed by atoms with Crippen LogP contribution in [0.25, 0.3) is 0 Å². The standard InChI is InChI=1S/C42H71O4P/c1-3-5-7-9-11-13-15-17-19-21-23-25-27-31-39-33-29-35-41(37-39)45-47(43,44)46-42-36-30-34-40(38-42)32-28-26-24-22-20-18-16-14-12-10-8-6-4-2/h29-30,33-38H,3-28,31-32H2,1-2H3,(H,43,44). The van der Waals surface area contributed by atoms with E-state index < -0.39 is 7.82 Å². The summed E-state index contributed by atoms with van der Waals surface area (Å²) in [5.41, 5.74) is 2.26. The van der Waals surface area contributed by atoms with Gasteiger partial charge in [0.25, 0.3) is 0 Å². The van der Waals surface area contributed by atoms with Crippen LogP contribution < -0.4 is 9.05 Å². The molecule has 0 heterocycles. The third-order valence-electron chi connectivity index (χ3n) is 9.38. The lowest BCUT2D eigenvalue weighted by atomic mass is 10.0. The van der Waals surface area contributed by atoms with E-state index in [1.165, 1.54) is 154 Å². The summed E-state index contributed by atoms with van der Waals surface area (Å²) in [4.78, 5) is 10.5. The third kappa shape index (κ3) is 23.3. The first-order valence-corrected chi connectivity index (χ1v) is 21.4. The van der Waals surface area contributed by atoms with Crippen LogP contribution in [-0.2, 0) is 17.4 Å². The Kier molecular flexibility index (Phi) is 24.8. The molecule has 0 spiro atoms. The second-order valence-corrected chi connectivity index (χ2v) is 15.2. The molecule has 0 aromatic heterocycles. The first-order chi connectivity index (χ1) is 23.0. The summed E-state index contributed by atoms with van der Waals surface area (Å²) in [6.45, 7) is 4.55. The van der Waals surface area contributed by atoms with Crippen molar-refractivity contribution in [1.29, 1.82) is 0 Å². The van der Waals surface area contributed by atoms with Gasteiger partial charge in [-0.2, -0.15) is 0 Å². The zero-order chi connectivity index (χ0) is 33.7. The Balaban J connectivity index is 1.56. The van der Waals surface area contributed by atoms with E-state index in [1.54, 1.807) is 12.1 Å². The SMILES string of the molecule is CCCCCCCCCCCCCCCc1cccc(OP(=O)(O)Oc2cccc(CCCCCCCCCCCCCCC)c2)c1. The van der Waals surface area contributed by atoms with Crippen molar-refractivity contribution in [2.24, 2.45) is 0 Å². The number of hydrogen-bond acceptors (Lipinski definition) is 3. The molecule has 0 unspecified atom stereocenters. The highest BCUT2D eigenvalue weighted by Crippen LogP contribution is 2.44. The quantitative estimate of drug-likeness (QED) is 0.0622. The number of phosphoric acid groups is 1. The normalized spacial score (nSPS) is 11.6. The maximum atomic E-state index is 12.9. The largest absolute Gasteiger partial charge is 0.584 e. The fourth-order valence-electron chi connectivity index (χ4n) is 6.49. The van der Waals surface area contributed by atoms with E-state index in [2.05, 4.69) is 26.0 Å². The molecule has 0 aliphatic rings. The van der Waals surface area contributed by atoms with Gasteiger partial charge in [-0.25, -0.2) is 4.57 Å². The van der Waals surface area contributed by atoms with E-state index in [4.69, 9.17) is 9.05 Å². The molecular weight excluding hydrogens is 599 g/mol. The average molecular weight is 671 g/mol. The highest BCUT2D eigenvalue weighted by atomic mass is 31.2. The molecule has 0 fully saturated rings. The molecule has 0 saturated heterocycles. The molecule has 5 heteroatoms. The van der Waals surface area contributed by atoms with Crippen molar-refractivity contribution in [3.63, 3.8) is 0 Å². The molecule has 268 valence electrons. The number of hydrogen-bond donors (Lipinski definition) is 1. The molecule has 1 N–H and O–H groups in total. The van der Waals surface area contributed by atoms with Crippen molar-refractivity contribution in [2.45, 2.75) is 194 Å². The molecule has 0 aliphatic heterocycles. The van der Waals surface area contributed by atoms with Crippen LogP contribution in [-0.4, -0.2) is 4.89 Å². The van der Waals surface area contributed by atoms with E-state index in [-0.39, 0.29) is 0 Å². The lowest BCUT2D eigenvalue weighted by Crippen LogP contribution is -2.00. The van der Waals surface area contributed by atoms with Crippen molar-refractivity contribution in [3.8, 4) is 11.5 Å². The van der Waals surface area contributed by atoms with Crippen molar-refractivity contribution in [1.82, 2.24) is 0 Å². The number of unbranched alkanes of at least 4 members (excludes halogenated alkanes) is 24. The number of aryl methyl sites for hydroxylation is 2. The number of rotatable bonds is 32. The van der Waals surface area contributed by atoms with Gasteiger partial charge in [0, 0.05) is 0 Å². The predicted molar refractivity (Wildman–Crippen MR) is 203 cm³/mol. The Morgan fingerprint density at radius 2 is 0.723 bits per heavy atom.